The number of methoxy groups -OCH3 is 2. The van der Waals surface area contributed by atoms with Gasteiger partial charge in [0.15, 0.2) is 11.5 Å². The molecule has 168 valence electrons. The number of hydrogen-bond donors (Lipinski definition) is 0. The molecule has 2 aliphatic heterocycles. The van der Waals surface area contributed by atoms with Crippen molar-refractivity contribution in [3.8, 4) is 11.5 Å². The molecule has 1 fully saturated rings. The molecule has 0 bridgehead atoms. The third-order valence-electron chi connectivity index (χ3n) is 6.33. The Hall–Kier alpha value is -3.32. The van der Waals surface area contributed by atoms with Gasteiger partial charge in [-0.15, -0.1) is 0 Å². The monoisotopic (exact) mass is 435 g/mol. The molecule has 0 atom stereocenters. The highest BCUT2D eigenvalue weighted by atomic mass is 16.5. The topological polar surface area (TPSA) is 62.3 Å². The summed E-state index contributed by atoms with van der Waals surface area (Å²) in [7, 11) is 7.15. The third kappa shape index (κ3) is 3.84. The van der Waals surface area contributed by atoms with Gasteiger partial charge >= 0.3 is 0 Å². The number of carbonyl (C=O) groups excluding carboxylic acids is 2. The van der Waals surface area contributed by atoms with Crippen LogP contribution < -0.4 is 14.4 Å². The number of imide groups is 1. The molecule has 0 unspecified atom stereocenters. The number of carbonyl (C=O) groups is 2. The predicted molar refractivity (Wildman–Crippen MR) is 124 cm³/mol. The Bertz CT molecular complexity index is 1040. The summed E-state index contributed by atoms with van der Waals surface area (Å²) >= 11 is 0. The summed E-state index contributed by atoms with van der Waals surface area (Å²) < 4.78 is 10.8. The Labute approximate surface area is 188 Å². The molecular formula is C25H29N3O4. The maximum Gasteiger partial charge on any atom is 0.282 e. The summed E-state index contributed by atoms with van der Waals surface area (Å²) in [5, 5.41) is 0. The number of likely N-dealkylation sites (tertiary alicyclic amines) is 1. The van der Waals surface area contributed by atoms with E-state index in [2.05, 4.69) is 11.9 Å². The van der Waals surface area contributed by atoms with Crippen LogP contribution >= 0.6 is 0 Å². The second-order valence-corrected chi connectivity index (χ2v) is 8.22. The van der Waals surface area contributed by atoms with Crippen LogP contribution in [0.4, 0.5) is 5.69 Å². The van der Waals surface area contributed by atoms with E-state index in [1.807, 2.05) is 30.1 Å². The Morgan fingerprint density at radius 2 is 1.56 bits per heavy atom. The van der Waals surface area contributed by atoms with Crippen molar-refractivity contribution in [1.29, 1.82) is 0 Å². The summed E-state index contributed by atoms with van der Waals surface area (Å²) in [6.07, 6.45) is 1.87. The first kappa shape index (κ1) is 21.9. The van der Waals surface area contributed by atoms with Gasteiger partial charge in [0.1, 0.15) is 5.70 Å². The highest BCUT2D eigenvalue weighted by Gasteiger charge is 2.43. The molecule has 0 spiro atoms. The molecule has 2 amide bonds. The van der Waals surface area contributed by atoms with Gasteiger partial charge < -0.3 is 19.3 Å². The summed E-state index contributed by atoms with van der Waals surface area (Å²) in [6, 6.07) is 14.6. The highest BCUT2D eigenvalue weighted by molar-refractivity contribution is 6.45. The van der Waals surface area contributed by atoms with Crippen LogP contribution in [0.2, 0.25) is 0 Å². The van der Waals surface area contributed by atoms with E-state index in [0.29, 0.717) is 34.0 Å². The predicted octanol–water partition coefficient (Wildman–Crippen LogP) is 3.01. The van der Waals surface area contributed by atoms with E-state index in [9.17, 15) is 9.59 Å². The molecule has 0 N–H and O–H groups in total. The molecule has 2 aromatic carbocycles. The third-order valence-corrected chi connectivity index (χ3v) is 6.33. The number of likely N-dealkylation sites (N-methyl/N-ethyl adjacent to an activating group) is 1. The maximum absolute atomic E-state index is 13.7. The summed E-state index contributed by atoms with van der Waals surface area (Å²) in [6.45, 7) is 1.91. The fourth-order valence-electron chi connectivity index (χ4n) is 4.47. The van der Waals surface area contributed by atoms with Gasteiger partial charge in [0.05, 0.1) is 25.5 Å². The summed E-state index contributed by atoms with van der Waals surface area (Å²) in [4.78, 5) is 32.9. The van der Waals surface area contributed by atoms with Gasteiger partial charge in [-0.2, -0.15) is 0 Å². The van der Waals surface area contributed by atoms with Crippen LogP contribution in [0.3, 0.4) is 0 Å². The van der Waals surface area contributed by atoms with Gasteiger partial charge in [0, 0.05) is 13.1 Å². The van der Waals surface area contributed by atoms with Gasteiger partial charge in [0.25, 0.3) is 11.8 Å². The molecule has 2 aromatic rings. The van der Waals surface area contributed by atoms with Crippen molar-refractivity contribution in [2.75, 3.05) is 46.3 Å². The van der Waals surface area contributed by atoms with Crippen LogP contribution in [-0.4, -0.2) is 69.1 Å². The molecule has 2 aliphatic rings. The van der Waals surface area contributed by atoms with E-state index >= 15 is 0 Å². The van der Waals surface area contributed by atoms with E-state index in [1.165, 1.54) is 4.90 Å². The van der Waals surface area contributed by atoms with Gasteiger partial charge in [-0.05, 0) is 62.8 Å². The van der Waals surface area contributed by atoms with Crippen LogP contribution in [-0.2, 0) is 9.59 Å². The Morgan fingerprint density at radius 1 is 0.906 bits per heavy atom. The van der Waals surface area contributed by atoms with E-state index < -0.39 is 0 Å². The summed E-state index contributed by atoms with van der Waals surface area (Å²) in [5.74, 6) is 0.451. The lowest BCUT2D eigenvalue weighted by Gasteiger charge is -2.36. The molecule has 2 heterocycles. The lowest BCUT2D eigenvalue weighted by Crippen LogP contribution is -2.43. The van der Waals surface area contributed by atoms with Crippen LogP contribution in [0.25, 0.3) is 5.57 Å². The standard InChI is InChI=1S/C25H29N3O4/c1-26-14-12-18(13-15-26)27(2)23-22(17-10-11-20(31-3)21(16-17)32-4)24(29)28(25(23)30)19-8-6-5-7-9-19/h5-11,16,18H,12-15H2,1-4H3. The van der Waals surface area contributed by atoms with Gasteiger partial charge in [-0.1, -0.05) is 24.3 Å². The van der Waals surface area contributed by atoms with Crippen molar-refractivity contribution in [1.82, 2.24) is 9.80 Å². The van der Waals surface area contributed by atoms with Crippen molar-refractivity contribution in [3.05, 3.63) is 59.8 Å². The molecule has 32 heavy (non-hydrogen) atoms. The number of rotatable bonds is 6. The number of para-hydroxylation sites is 1. The van der Waals surface area contributed by atoms with Crippen molar-refractivity contribution in [2.24, 2.45) is 0 Å². The molecule has 0 aromatic heterocycles. The molecule has 0 radical (unpaired) electrons. The highest BCUT2D eigenvalue weighted by Crippen LogP contribution is 2.38. The SMILES string of the molecule is COc1ccc(C2=C(N(C)C3CCN(C)CC3)C(=O)N(c3ccccc3)C2=O)cc1OC. The molecule has 7 nitrogen and oxygen atoms in total. The Balaban J connectivity index is 1.82. The fourth-order valence-corrected chi connectivity index (χ4v) is 4.47. The molecule has 0 aliphatic carbocycles. The lowest BCUT2D eigenvalue weighted by atomic mass is 10.00. The fraction of sp³-hybridized carbons (Fsp3) is 0.360. The smallest absolute Gasteiger partial charge is 0.282 e. The minimum Gasteiger partial charge on any atom is -0.493 e. The molecular weight excluding hydrogens is 406 g/mol. The van der Waals surface area contributed by atoms with E-state index in [1.54, 1.807) is 44.6 Å². The molecule has 0 saturated carbocycles. The zero-order chi connectivity index (χ0) is 22.8. The lowest BCUT2D eigenvalue weighted by molar-refractivity contribution is -0.120. The minimum absolute atomic E-state index is 0.184. The van der Waals surface area contributed by atoms with Gasteiger partial charge in [0.2, 0.25) is 0 Å². The van der Waals surface area contributed by atoms with E-state index in [-0.39, 0.29) is 17.9 Å². The second kappa shape index (κ2) is 9.04. The number of amides is 2. The number of ether oxygens (including phenoxy) is 2. The first-order valence-electron chi connectivity index (χ1n) is 10.8. The van der Waals surface area contributed by atoms with Gasteiger partial charge in [-0.3, -0.25) is 9.59 Å². The zero-order valence-corrected chi connectivity index (χ0v) is 19.0. The second-order valence-electron chi connectivity index (χ2n) is 8.22. The number of hydrogen-bond acceptors (Lipinski definition) is 6. The maximum atomic E-state index is 13.7. The largest absolute Gasteiger partial charge is 0.493 e. The van der Waals surface area contributed by atoms with Crippen molar-refractivity contribution in [2.45, 2.75) is 18.9 Å². The average Bonchev–Trinajstić information content (AvgIpc) is 3.08. The number of benzene rings is 2. The van der Waals surface area contributed by atoms with Gasteiger partial charge in [-0.25, -0.2) is 4.90 Å². The summed E-state index contributed by atoms with van der Waals surface area (Å²) in [5.41, 5.74) is 2.02. The minimum atomic E-state index is -0.330. The first-order valence-corrected chi connectivity index (χ1v) is 10.8. The average molecular weight is 436 g/mol. The molecule has 4 rings (SSSR count). The molecule has 7 heteroatoms. The quantitative estimate of drug-likeness (QED) is 0.650. The van der Waals surface area contributed by atoms with Crippen LogP contribution in [0.15, 0.2) is 54.2 Å². The normalized spacial score (nSPS) is 17.8. The van der Waals surface area contributed by atoms with Crippen molar-refractivity contribution < 1.29 is 19.1 Å². The van der Waals surface area contributed by atoms with Crippen molar-refractivity contribution in [3.63, 3.8) is 0 Å². The van der Waals surface area contributed by atoms with Crippen LogP contribution in [0.1, 0.15) is 18.4 Å². The number of nitrogens with zero attached hydrogens (tertiary/aromatic N) is 3. The Morgan fingerprint density at radius 3 is 2.19 bits per heavy atom. The first-order chi connectivity index (χ1) is 15.5. The van der Waals surface area contributed by atoms with E-state index in [0.717, 1.165) is 25.9 Å². The zero-order valence-electron chi connectivity index (χ0n) is 19.0. The number of anilines is 1. The number of piperidine rings is 1. The van der Waals surface area contributed by atoms with Crippen molar-refractivity contribution >= 4 is 23.1 Å². The van der Waals surface area contributed by atoms with Crippen LogP contribution in [0, 0.1) is 0 Å². The van der Waals surface area contributed by atoms with Crippen LogP contribution in [0.5, 0.6) is 11.5 Å². The van der Waals surface area contributed by atoms with E-state index in [4.69, 9.17) is 9.47 Å². The Kier molecular flexibility index (Phi) is 6.19. The molecule has 1 saturated heterocycles.